The molecule has 0 amide bonds. The lowest BCUT2D eigenvalue weighted by atomic mass is 9.88. The first-order valence-corrected chi connectivity index (χ1v) is 14.8. The van der Waals surface area contributed by atoms with Crippen LogP contribution in [0.2, 0.25) is 0 Å². The van der Waals surface area contributed by atoms with Crippen molar-refractivity contribution in [2.45, 2.75) is 0 Å². The molecule has 8 aromatic rings. The zero-order valence-corrected chi connectivity index (χ0v) is 23.8. The molecule has 0 N–H and O–H groups in total. The van der Waals surface area contributed by atoms with E-state index in [0.717, 1.165) is 45.2 Å². The number of pyridine rings is 1. The van der Waals surface area contributed by atoms with E-state index in [1.54, 1.807) is 0 Å². The minimum atomic E-state index is 0.911. The summed E-state index contributed by atoms with van der Waals surface area (Å²) in [4.78, 5) is 12.1. The number of rotatable bonds is 4. The van der Waals surface area contributed by atoms with Crippen LogP contribution in [0.25, 0.3) is 61.1 Å². The molecule has 1 aliphatic heterocycles. The average Bonchev–Trinajstić information content (AvgIpc) is 3.49. The molecule has 206 valence electrons. The van der Waals surface area contributed by atoms with Gasteiger partial charge in [-0.15, -0.1) is 0 Å². The minimum Gasteiger partial charge on any atom is -0.308 e. The van der Waals surface area contributed by atoms with Crippen LogP contribution in [0.5, 0.6) is 0 Å². The van der Waals surface area contributed by atoms with E-state index in [1.165, 1.54) is 33.0 Å². The van der Waals surface area contributed by atoms with Gasteiger partial charge in [0.15, 0.2) is 0 Å². The summed E-state index contributed by atoms with van der Waals surface area (Å²) in [7, 11) is 0. The number of para-hydroxylation sites is 3. The third-order valence-corrected chi connectivity index (χ3v) is 8.57. The molecular formula is C40H26N4. The van der Waals surface area contributed by atoms with Gasteiger partial charge >= 0.3 is 0 Å². The van der Waals surface area contributed by atoms with Crippen LogP contribution in [-0.2, 0) is 0 Å². The van der Waals surface area contributed by atoms with Crippen molar-refractivity contribution in [3.05, 3.63) is 158 Å². The molecule has 1 aliphatic rings. The first-order valence-electron chi connectivity index (χ1n) is 14.8. The molecule has 0 bridgehead atoms. The summed E-state index contributed by atoms with van der Waals surface area (Å²) >= 11 is 0. The molecule has 0 aliphatic carbocycles. The number of benzene rings is 6. The van der Waals surface area contributed by atoms with Crippen molar-refractivity contribution in [3.63, 3.8) is 0 Å². The summed E-state index contributed by atoms with van der Waals surface area (Å²) < 4.78 is 2.25. The summed E-state index contributed by atoms with van der Waals surface area (Å²) in [6, 6.07) is 51.5. The summed E-state index contributed by atoms with van der Waals surface area (Å²) in [5.74, 6) is 0.911. The molecule has 0 saturated carbocycles. The van der Waals surface area contributed by atoms with Crippen molar-refractivity contribution in [2.75, 3.05) is 4.90 Å². The van der Waals surface area contributed by atoms with Crippen molar-refractivity contribution < 1.29 is 0 Å². The summed E-state index contributed by atoms with van der Waals surface area (Å²) in [6.45, 7) is 0. The van der Waals surface area contributed by atoms with E-state index in [2.05, 4.69) is 148 Å². The number of aromatic nitrogens is 3. The van der Waals surface area contributed by atoms with E-state index in [-0.39, 0.29) is 0 Å². The topological polar surface area (TPSA) is 34.0 Å². The third-order valence-electron chi connectivity index (χ3n) is 8.57. The Balaban J connectivity index is 1.26. The Morgan fingerprint density at radius 3 is 2.14 bits per heavy atom. The highest BCUT2D eigenvalue weighted by Crippen LogP contribution is 2.51. The number of hydrogen-bond donors (Lipinski definition) is 0. The molecular weight excluding hydrogens is 536 g/mol. The van der Waals surface area contributed by atoms with Gasteiger partial charge in [-0.05, 0) is 82.7 Å². The smallest absolute Gasteiger partial charge is 0.145 e. The molecule has 0 radical (unpaired) electrons. The monoisotopic (exact) mass is 562 g/mol. The van der Waals surface area contributed by atoms with Crippen molar-refractivity contribution in [3.8, 4) is 39.3 Å². The van der Waals surface area contributed by atoms with Gasteiger partial charge < -0.3 is 4.90 Å². The first-order chi connectivity index (χ1) is 21.8. The molecule has 0 spiro atoms. The number of fused-ring (bicyclic) bond motifs is 3. The third kappa shape index (κ3) is 3.78. The lowest BCUT2D eigenvalue weighted by molar-refractivity contribution is 1.10. The van der Waals surface area contributed by atoms with Crippen molar-refractivity contribution in [1.29, 1.82) is 0 Å². The van der Waals surface area contributed by atoms with Crippen molar-refractivity contribution in [2.24, 2.45) is 0 Å². The van der Waals surface area contributed by atoms with Crippen LogP contribution in [0.1, 0.15) is 0 Å². The van der Waals surface area contributed by atoms with Crippen LogP contribution in [0.15, 0.2) is 158 Å². The Kier molecular flexibility index (Phi) is 5.47. The van der Waals surface area contributed by atoms with Crippen LogP contribution in [-0.4, -0.2) is 14.5 Å². The Morgan fingerprint density at radius 1 is 0.500 bits per heavy atom. The Labute approximate surface area is 255 Å². The summed E-state index contributed by atoms with van der Waals surface area (Å²) in [5.41, 5.74) is 12.3. The molecule has 4 heteroatoms. The second-order valence-electron chi connectivity index (χ2n) is 11.1. The van der Waals surface area contributed by atoms with Gasteiger partial charge in [-0.3, -0.25) is 9.55 Å². The zero-order chi connectivity index (χ0) is 29.0. The van der Waals surface area contributed by atoms with Gasteiger partial charge in [-0.25, -0.2) is 4.98 Å². The quantitative estimate of drug-likeness (QED) is 0.214. The highest BCUT2D eigenvalue weighted by Gasteiger charge is 2.27. The molecule has 0 unspecified atom stereocenters. The molecule has 0 saturated heterocycles. The summed E-state index contributed by atoms with van der Waals surface area (Å²) in [5, 5.41) is 2.46. The van der Waals surface area contributed by atoms with Crippen LogP contribution in [0.4, 0.5) is 17.1 Å². The second kappa shape index (κ2) is 9.79. The Hall–Kier alpha value is -6.00. The van der Waals surface area contributed by atoms with Crippen LogP contribution >= 0.6 is 0 Å². The number of anilines is 3. The zero-order valence-electron chi connectivity index (χ0n) is 23.8. The molecule has 0 fully saturated rings. The van der Waals surface area contributed by atoms with Crippen molar-refractivity contribution >= 4 is 38.9 Å². The lowest BCUT2D eigenvalue weighted by Crippen LogP contribution is -2.15. The van der Waals surface area contributed by atoms with Gasteiger partial charge in [0.1, 0.15) is 5.82 Å². The lowest BCUT2D eigenvalue weighted by Gasteiger charge is -2.33. The fraction of sp³-hybridized carbons (Fsp3) is 0. The van der Waals surface area contributed by atoms with Gasteiger partial charge in [0, 0.05) is 34.1 Å². The van der Waals surface area contributed by atoms with E-state index in [9.17, 15) is 0 Å². The molecule has 44 heavy (non-hydrogen) atoms. The van der Waals surface area contributed by atoms with Gasteiger partial charge in [0.2, 0.25) is 0 Å². The number of imidazole rings is 1. The van der Waals surface area contributed by atoms with Gasteiger partial charge in [-0.1, -0.05) is 84.9 Å². The van der Waals surface area contributed by atoms with Crippen LogP contribution in [0, 0.1) is 0 Å². The Morgan fingerprint density at radius 2 is 1.25 bits per heavy atom. The summed E-state index contributed by atoms with van der Waals surface area (Å²) in [6.07, 6.45) is 3.88. The van der Waals surface area contributed by atoms with E-state index in [1.807, 2.05) is 24.5 Å². The maximum atomic E-state index is 5.14. The standard InChI is InChI=1S/C40H26N4/c1-3-11-27(12-4-1)30-23-28-13-10-20-37-39(28)34(25-30)33-21-22-41-26-38(33)43(37)32-17-9-14-29(24-32)40-42-35-18-7-8-19-36(35)44(40)31-15-5-2-6-16-31/h1-26H. The predicted molar refractivity (Wildman–Crippen MR) is 181 cm³/mol. The highest BCUT2D eigenvalue weighted by molar-refractivity contribution is 6.15. The largest absolute Gasteiger partial charge is 0.308 e. The molecule has 4 nitrogen and oxygen atoms in total. The van der Waals surface area contributed by atoms with E-state index < -0.39 is 0 Å². The molecule has 0 atom stereocenters. The van der Waals surface area contributed by atoms with Gasteiger partial charge in [0.25, 0.3) is 0 Å². The van der Waals surface area contributed by atoms with Gasteiger partial charge in [0.05, 0.1) is 28.6 Å². The number of hydrogen-bond acceptors (Lipinski definition) is 3. The molecule has 6 aromatic carbocycles. The normalized spacial score (nSPS) is 12.0. The molecule has 2 aromatic heterocycles. The van der Waals surface area contributed by atoms with E-state index >= 15 is 0 Å². The fourth-order valence-corrected chi connectivity index (χ4v) is 6.65. The average molecular weight is 563 g/mol. The maximum absolute atomic E-state index is 5.14. The minimum absolute atomic E-state index is 0.911. The van der Waals surface area contributed by atoms with E-state index in [0.29, 0.717) is 0 Å². The highest BCUT2D eigenvalue weighted by atomic mass is 15.2. The number of nitrogens with zero attached hydrogens (tertiary/aromatic N) is 4. The maximum Gasteiger partial charge on any atom is 0.145 e. The SMILES string of the molecule is c1ccc(-c2cc3c4c(cccc4c2)N(c2cccc(-c4nc5ccccc5n4-c4ccccc4)c2)c2cnccc2-3)cc1. The molecule has 3 heterocycles. The van der Waals surface area contributed by atoms with Crippen LogP contribution in [0.3, 0.4) is 0 Å². The van der Waals surface area contributed by atoms with Crippen molar-refractivity contribution in [1.82, 2.24) is 14.5 Å². The first kappa shape index (κ1) is 24.6. The van der Waals surface area contributed by atoms with Crippen LogP contribution < -0.4 is 4.90 Å². The molecule has 9 rings (SSSR count). The second-order valence-corrected chi connectivity index (χ2v) is 11.1. The van der Waals surface area contributed by atoms with Gasteiger partial charge in [-0.2, -0.15) is 0 Å². The fourth-order valence-electron chi connectivity index (χ4n) is 6.65. The Bertz CT molecular complexity index is 2340. The predicted octanol–water partition coefficient (Wildman–Crippen LogP) is 10.4. The van der Waals surface area contributed by atoms with E-state index in [4.69, 9.17) is 4.98 Å².